The summed E-state index contributed by atoms with van der Waals surface area (Å²) in [6, 6.07) is 8.84. The normalized spacial score (nSPS) is 11.7. The van der Waals surface area contributed by atoms with E-state index < -0.39 is 17.9 Å². The van der Waals surface area contributed by atoms with Gasteiger partial charge in [-0.1, -0.05) is 0 Å². The van der Waals surface area contributed by atoms with E-state index in [9.17, 15) is 14.4 Å². The zero-order chi connectivity index (χ0) is 20.5. The highest BCUT2D eigenvalue weighted by molar-refractivity contribution is 7.98. The van der Waals surface area contributed by atoms with Crippen LogP contribution in [0.3, 0.4) is 0 Å². The van der Waals surface area contributed by atoms with Gasteiger partial charge in [0.15, 0.2) is 5.76 Å². The van der Waals surface area contributed by atoms with Crippen LogP contribution in [0.2, 0.25) is 0 Å². The summed E-state index contributed by atoms with van der Waals surface area (Å²) in [5.41, 5.74) is 0.921. The second kappa shape index (κ2) is 10.6. The molecule has 1 heterocycles. The molecule has 7 nitrogen and oxygen atoms in total. The van der Waals surface area contributed by atoms with Crippen LogP contribution in [0.5, 0.6) is 0 Å². The van der Waals surface area contributed by atoms with Crippen LogP contribution in [-0.4, -0.2) is 41.9 Å². The van der Waals surface area contributed by atoms with Crippen molar-refractivity contribution in [1.82, 2.24) is 5.32 Å². The van der Waals surface area contributed by atoms with Crippen molar-refractivity contribution in [3.63, 3.8) is 0 Å². The van der Waals surface area contributed by atoms with Crippen LogP contribution < -0.4 is 10.6 Å². The first-order valence-corrected chi connectivity index (χ1v) is 10.2. The third kappa shape index (κ3) is 6.45. The zero-order valence-electron chi connectivity index (χ0n) is 16.1. The highest BCUT2D eigenvalue weighted by atomic mass is 32.2. The van der Waals surface area contributed by atoms with Crippen LogP contribution in [0.4, 0.5) is 5.69 Å². The number of anilines is 1. The van der Waals surface area contributed by atoms with Crippen molar-refractivity contribution in [3.05, 3.63) is 54.0 Å². The van der Waals surface area contributed by atoms with Crippen molar-refractivity contribution in [1.29, 1.82) is 0 Å². The highest BCUT2D eigenvalue weighted by Gasteiger charge is 2.22. The first-order valence-electron chi connectivity index (χ1n) is 8.86. The van der Waals surface area contributed by atoms with Gasteiger partial charge in [-0.15, -0.1) is 0 Å². The Labute approximate surface area is 168 Å². The second-order valence-corrected chi connectivity index (χ2v) is 7.29. The Balaban J connectivity index is 2.01. The second-order valence-electron chi connectivity index (χ2n) is 6.31. The SMILES string of the molecule is CSCC[C@@H](NC(=O)c1ccco1)C(=O)Nc1ccc(C(=O)OC(C)C)cc1. The van der Waals surface area contributed by atoms with Crippen LogP contribution in [0.1, 0.15) is 41.2 Å². The Morgan fingerprint density at radius 1 is 1.14 bits per heavy atom. The minimum Gasteiger partial charge on any atom is -0.459 e. The molecule has 0 aliphatic carbocycles. The van der Waals surface area contributed by atoms with E-state index in [2.05, 4.69) is 10.6 Å². The average Bonchev–Trinajstić information content (AvgIpc) is 3.19. The standard InChI is InChI=1S/C20H24N2O5S/c1-13(2)27-20(25)14-6-8-15(9-7-14)21-18(23)16(10-12-28-3)22-19(24)17-5-4-11-26-17/h4-9,11,13,16H,10,12H2,1-3H3,(H,21,23)(H,22,24)/t16-/m1/s1. The van der Waals surface area contributed by atoms with Crippen molar-refractivity contribution < 1.29 is 23.5 Å². The summed E-state index contributed by atoms with van der Waals surface area (Å²) in [6.45, 7) is 3.55. The third-order valence-electron chi connectivity index (χ3n) is 3.71. The van der Waals surface area contributed by atoms with Crippen molar-refractivity contribution in [2.45, 2.75) is 32.4 Å². The van der Waals surface area contributed by atoms with Gasteiger partial charge in [-0.2, -0.15) is 11.8 Å². The van der Waals surface area contributed by atoms with Gasteiger partial charge in [-0.3, -0.25) is 9.59 Å². The number of carbonyl (C=O) groups excluding carboxylic acids is 3. The first kappa shape index (κ1) is 21.6. The van der Waals surface area contributed by atoms with E-state index in [1.807, 2.05) is 6.26 Å². The van der Waals surface area contributed by atoms with Crippen LogP contribution in [0, 0.1) is 0 Å². The number of hydrogen-bond donors (Lipinski definition) is 2. The number of amides is 2. The minimum atomic E-state index is -0.712. The molecule has 1 aromatic heterocycles. The van der Waals surface area contributed by atoms with Crippen molar-refractivity contribution in [3.8, 4) is 0 Å². The smallest absolute Gasteiger partial charge is 0.338 e. The molecule has 8 heteroatoms. The number of ether oxygens (including phenoxy) is 1. The zero-order valence-corrected chi connectivity index (χ0v) is 16.9. The lowest BCUT2D eigenvalue weighted by Crippen LogP contribution is -2.44. The van der Waals surface area contributed by atoms with Gasteiger partial charge in [0.05, 0.1) is 17.9 Å². The molecule has 2 rings (SSSR count). The summed E-state index contributed by atoms with van der Waals surface area (Å²) < 4.78 is 10.2. The Morgan fingerprint density at radius 3 is 2.43 bits per heavy atom. The van der Waals surface area contributed by atoms with Gasteiger partial charge >= 0.3 is 5.97 Å². The third-order valence-corrected chi connectivity index (χ3v) is 4.35. The molecule has 0 aliphatic rings. The van der Waals surface area contributed by atoms with Crippen LogP contribution >= 0.6 is 11.8 Å². The number of rotatable bonds is 9. The molecule has 0 bridgehead atoms. The van der Waals surface area contributed by atoms with Gasteiger partial charge in [0.1, 0.15) is 6.04 Å². The number of benzene rings is 1. The topological polar surface area (TPSA) is 97.6 Å². The van der Waals surface area contributed by atoms with E-state index in [0.717, 1.165) is 0 Å². The molecule has 28 heavy (non-hydrogen) atoms. The van der Waals surface area contributed by atoms with Crippen molar-refractivity contribution in [2.24, 2.45) is 0 Å². The van der Waals surface area contributed by atoms with E-state index in [1.54, 1.807) is 55.9 Å². The van der Waals surface area contributed by atoms with Gasteiger partial charge in [0.2, 0.25) is 5.91 Å². The number of carbonyl (C=O) groups is 3. The Morgan fingerprint density at radius 2 is 1.86 bits per heavy atom. The monoisotopic (exact) mass is 404 g/mol. The minimum absolute atomic E-state index is 0.148. The maximum atomic E-state index is 12.6. The molecule has 1 atom stereocenters. The predicted octanol–water partition coefficient (Wildman–Crippen LogP) is 3.34. The molecule has 0 saturated heterocycles. The molecule has 2 N–H and O–H groups in total. The van der Waals surface area contributed by atoms with Crippen LogP contribution in [0.15, 0.2) is 47.1 Å². The molecular formula is C20H24N2O5S. The molecule has 0 radical (unpaired) electrons. The van der Waals surface area contributed by atoms with Crippen LogP contribution in [0.25, 0.3) is 0 Å². The van der Waals surface area contributed by atoms with Gasteiger partial charge in [-0.05, 0) is 68.7 Å². The summed E-state index contributed by atoms with van der Waals surface area (Å²) in [4.78, 5) is 36.7. The number of hydrogen-bond acceptors (Lipinski definition) is 6. The summed E-state index contributed by atoms with van der Waals surface area (Å²) in [5, 5.41) is 5.46. The number of thioether (sulfide) groups is 1. The van der Waals surface area contributed by atoms with E-state index in [4.69, 9.17) is 9.15 Å². The van der Waals surface area contributed by atoms with Crippen molar-refractivity contribution >= 4 is 35.2 Å². The summed E-state index contributed by atoms with van der Waals surface area (Å²) in [5.74, 6) is -0.354. The lowest BCUT2D eigenvalue weighted by molar-refractivity contribution is -0.118. The number of nitrogens with one attached hydrogen (secondary N) is 2. The Kier molecular flexibility index (Phi) is 8.13. The van der Waals surface area contributed by atoms with Gasteiger partial charge < -0.3 is 19.8 Å². The highest BCUT2D eigenvalue weighted by Crippen LogP contribution is 2.13. The Bertz CT molecular complexity index is 787. The van der Waals surface area contributed by atoms with Gasteiger partial charge in [-0.25, -0.2) is 4.79 Å². The molecule has 0 aliphatic heterocycles. The molecule has 0 unspecified atom stereocenters. The fraction of sp³-hybridized carbons (Fsp3) is 0.350. The lowest BCUT2D eigenvalue weighted by atomic mass is 10.1. The summed E-state index contributed by atoms with van der Waals surface area (Å²) in [6.07, 6.45) is 3.59. The lowest BCUT2D eigenvalue weighted by Gasteiger charge is -2.17. The molecule has 0 fully saturated rings. The van der Waals surface area contributed by atoms with E-state index in [-0.39, 0.29) is 17.8 Å². The fourth-order valence-electron chi connectivity index (χ4n) is 2.34. The number of esters is 1. The Hall–Kier alpha value is -2.74. The van der Waals surface area contributed by atoms with E-state index in [0.29, 0.717) is 23.4 Å². The van der Waals surface area contributed by atoms with Gasteiger partial charge in [0.25, 0.3) is 5.91 Å². The van der Waals surface area contributed by atoms with E-state index >= 15 is 0 Å². The van der Waals surface area contributed by atoms with Crippen molar-refractivity contribution in [2.75, 3.05) is 17.3 Å². The first-order chi connectivity index (χ1) is 13.4. The molecule has 0 spiro atoms. The average molecular weight is 404 g/mol. The van der Waals surface area contributed by atoms with Gasteiger partial charge in [0, 0.05) is 5.69 Å². The summed E-state index contributed by atoms with van der Waals surface area (Å²) >= 11 is 1.58. The van der Waals surface area contributed by atoms with E-state index in [1.165, 1.54) is 12.3 Å². The quantitative estimate of drug-likeness (QED) is 0.622. The molecular weight excluding hydrogens is 380 g/mol. The maximum absolute atomic E-state index is 12.6. The molecule has 150 valence electrons. The van der Waals surface area contributed by atoms with Crippen LogP contribution in [-0.2, 0) is 9.53 Å². The molecule has 0 saturated carbocycles. The summed E-state index contributed by atoms with van der Waals surface area (Å²) in [7, 11) is 0. The molecule has 2 aromatic rings. The molecule has 2 amide bonds. The molecule has 1 aromatic carbocycles. The fourth-order valence-corrected chi connectivity index (χ4v) is 2.81. The number of furan rings is 1. The predicted molar refractivity (Wildman–Crippen MR) is 109 cm³/mol. The maximum Gasteiger partial charge on any atom is 0.338 e. The largest absolute Gasteiger partial charge is 0.459 e.